The van der Waals surface area contributed by atoms with Crippen LogP contribution in [0.3, 0.4) is 0 Å². The van der Waals surface area contributed by atoms with Crippen molar-refractivity contribution in [2.24, 2.45) is 4.99 Å². The van der Waals surface area contributed by atoms with Gasteiger partial charge in [-0.15, -0.1) is 24.0 Å². The summed E-state index contributed by atoms with van der Waals surface area (Å²) in [7, 11) is 0. The van der Waals surface area contributed by atoms with Gasteiger partial charge in [-0.05, 0) is 25.0 Å². The molecular formula is C16H23IN6O2. The number of halogens is 1. The number of nitrogens with zero attached hydrogens (tertiary/aromatic N) is 4. The molecule has 0 saturated heterocycles. The van der Waals surface area contributed by atoms with Gasteiger partial charge in [-0.1, -0.05) is 12.1 Å². The van der Waals surface area contributed by atoms with E-state index < -0.39 is 4.92 Å². The van der Waals surface area contributed by atoms with Gasteiger partial charge in [0.05, 0.1) is 11.5 Å². The van der Waals surface area contributed by atoms with Gasteiger partial charge in [-0.25, -0.2) is 4.99 Å². The van der Waals surface area contributed by atoms with Crippen molar-refractivity contribution in [3.63, 3.8) is 0 Å². The lowest BCUT2D eigenvalue weighted by Crippen LogP contribution is -2.38. The fraction of sp³-hybridized carbons (Fsp3) is 0.375. The Morgan fingerprint density at radius 3 is 2.88 bits per heavy atom. The van der Waals surface area contributed by atoms with Crippen molar-refractivity contribution >= 4 is 35.6 Å². The van der Waals surface area contributed by atoms with Crippen molar-refractivity contribution < 1.29 is 4.92 Å². The number of benzene rings is 1. The van der Waals surface area contributed by atoms with E-state index in [1.165, 1.54) is 6.07 Å². The number of hydrogen-bond donors (Lipinski definition) is 2. The Labute approximate surface area is 163 Å². The summed E-state index contributed by atoms with van der Waals surface area (Å²) in [5, 5.41) is 21.4. The molecule has 0 fully saturated rings. The van der Waals surface area contributed by atoms with Gasteiger partial charge in [-0.3, -0.25) is 14.8 Å². The molecule has 1 aromatic heterocycles. The standard InChI is InChI=1S/C16H22N6O2.HI/c1-2-17-16(18-8-4-10-21-11-5-9-20-21)19-13-14-6-3-7-15(12-14)22(23)24;/h3,5-7,9,11-12H,2,4,8,10,13H2,1H3,(H2,17,18,19);1H. The second-order valence-corrected chi connectivity index (χ2v) is 5.17. The van der Waals surface area contributed by atoms with Crippen LogP contribution in [0.5, 0.6) is 0 Å². The maximum atomic E-state index is 10.8. The van der Waals surface area contributed by atoms with Crippen LogP contribution in [0.1, 0.15) is 18.9 Å². The van der Waals surface area contributed by atoms with Crippen LogP contribution < -0.4 is 10.6 Å². The number of non-ortho nitro benzene ring substituents is 1. The summed E-state index contributed by atoms with van der Waals surface area (Å²) in [4.78, 5) is 14.9. The molecule has 136 valence electrons. The Kier molecular flexibility index (Phi) is 9.51. The first-order chi connectivity index (χ1) is 11.7. The van der Waals surface area contributed by atoms with Crippen molar-refractivity contribution in [2.75, 3.05) is 13.1 Å². The highest BCUT2D eigenvalue weighted by Gasteiger charge is 2.05. The molecule has 2 N–H and O–H groups in total. The highest BCUT2D eigenvalue weighted by Crippen LogP contribution is 2.13. The Bertz CT molecular complexity index is 675. The van der Waals surface area contributed by atoms with Crippen molar-refractivity contribution in [1.82, 2.24) is 20.4 Å². The zero-order valence-corrected chi connectivity index (χ0v) is 16.4. The number of hydrogen-bond acceptors (Lipinski definition) is 4. The summed E-state index contributed by atoms with van der Waals surface area (Å²) >= 11 is 0. The second-order valence-electron chi connectivity index (χ2n) is 5.17. The third-order valence-electron chi connectivity index (χ3n) is 3.30. The van der Waals surface area contributed by atoms with Gasteiger partial charge in [-0.2, -0.15) is 5.10 Å². The predicted octanol–water partition coefficient (Wildman–Crippen LogP) is 2.55. The van der Waals surface area contributed by atoms with Crippen LogP contribution in [0.2, 0.25) is 0 Å². The molecule has 0 aliphatic carbocycles. The first kappa shape index (κ1) is 20.9. The molecule has 1 aromatic carbocycles. The molecule has 0 unspecified atom stereocenters. The Morgan fingerprint density at radius 2 is 2.20 bits per heavy atom. The van der Waals surface area contributed by atoms with Gasteiger partial charge in [0.25, 0.3) is 5.69 Å². The van der Waals surface area contributed by atoms with Crippen LogP contribution in [0, 0.1) is 10.1 Å². The van der Waals surface area contributed by atoms with Crippen molar-refractivity contribution in [1.29, 1.82) is 0 Å². The van der Waals surface area contributed by atoms with E-state index in [1.54, 1.807) is 18.3 Å². The maximum absolute atomic E-state index is 10.8. The average Bonchev–Trinajstić information content (AvgIpc) is 3.10. The lowest BCUT2D eigenvalue weighted by molar-refractivity contribution is -0.384. The molecule has 9 heteroatoms. The van der Waals surface area contributed by atoms with E-state index in [0.29, 0.717) is 12.5 Å². The normalized spacial score (nSPS) is 10.8. The second kappa shape index (κ2) is 11.4. The number of nitrogens with one attached hydrogen (secondary N) is 2. The fourth-order valence-electron chi connectivity index (χ4n) is 2.16. The van der Waals surface area contributed by atoms with E-state index >= 15 is 0 Å². The Hall–Kier alpha value is -2.17. The number of aryl methyl sites for hydroxylation is 1. The monoisotopic (exact) mass is 458 g/mol. The van der Waals surface area contributed by atoms with E-state index in [2.05, 4.69) is 20.7 Å². The lowest BCUT2D eigenvalue weighted by Gasteiger charge is -2.11. The number of nitro benzene ring substituents is 1. The topological polar surface area (TPSA) is 97.4 Å². The number of aromatic nitrogens is 2. The third kappa shape index (κ3) is 7.50. The molecule has 8 nitrogen and oxygen atoms in total. The molecule has 0 bridgehead atoms. The van der Waals surface area contributed by atoms with Gasteiger partial charge < -0.3 is 10.6 Å². The summed E-state index contributed by atoms with van der Waals surface area (Å²) in [5.41, 5.74) is 0.887. The molecular weight excluding hydrogens is 435 g/mol. The summed E-state index contributed by atoms with van der Waals surface area (Å²) in [5.74, 6) is 0.699. The molecule has 0 spiro atoms. The number of rotatable bonds is 8. The largest absolute Gasteiger partial charge is 0.357 e. The van der Waals surface area contributed by atoms with Crippen LogP contribution in [-0.4, -0.2) is 33.8 Å². The van der Waals surface area contributed by atoms with E-state index in [1.807, 2.05) is 29.9 Å². The number of aliphatic imine (C=N–C) groups is 1. The highest BCUT2D eigenvalue weighted by atomic mass is 127. The van der Waals surface area contributed by atoms with Crippen LogP contribution in [0.15, 0.2) is 47.7 Å². The van der Waals surface area contributed by atoms with Crippen LogP contribution in [0.25, 0.3) is 0 Å². The molecule has 0 aliphatic heterocycles. The smallest absolute Gasteiger partial charge is 0.269 e. The zero-order valence-electron chi connectivity index (χ0n) is 14.1. The Morgan fingerprint density at radius 1 is 1.36 bits per heavy atom. The summed E-state index contributed by atoms with van der Waals surface area (Å²) in [6.45, 7) is 4.73. The third-order valence-corrected chi connectivity index (χ3v) is 3.30. The van der Waals surface area contributed by atoms with E-state index in [0.717, 1.165) is 31.6 Å². The van der Waals surface area contributed by atoms with Crippen LogP contribution in [0.4, 0.5) is 5.69 Å². The molecule has 2 rings (SSSR count). The fourth-order valence-corrected chi connectivity index (χ4v) is 2.16. The predicted molar refractivity (Wildman–Crippen MR) is 108 cm³/mol. The quantitative estimate of drug-likeness (QED) is 0.158. The van der Waals surface area contributed by atoms with E-state index in [-0.39, 0.29) is 29.7 Å². The van der Waals surface area contributed by atoms with Gasteiger partial charge in [0, 0.05) is 44.2 Å². The maximum Gasteiger partial charge on any atom is 0.269 e. The molecule has 0 radical (unpaired) electrons. The van der Waals surface area contributed by atoms with E-state index in [9.17, 15) is 10.1 Å². The minimum absolute atomic E-state index is 0. The molecule has 1 heterocycles. The van der Waals surface area contributed by atoms with E-state index in [4.69, 9.17) is 0 Å². The number of nitro groups is 1. The average molecular weight is 458 g/mol. The van der Waals surface area contributed by atoms with Gasteiger partial charge in [0.1, 0.15) is 0 Å². The van der Waals surface area contributed by atoms with Crippen molar-refractivity contribution in [3.05, 3.63) is 58.4 Å². The molecule has 0 atom stereocenters. The molecule has 0 saturated carbocycles. The van der Waals surface area contributed by atoms with Gasteiger partial charge >= 0.3 is 0 Å². The zero-order chi connectivity index (χ0) is 17.2. The van der Waals surface area contributed by atoms with Gasteiger partial charge in [0.15, 0.2) is 5.96 Å². The molecule has 0 amide bonds. The van der Waals surface area contributed by atoms with Crippen LogP contribution in [-0.2, 0) is 13.1 Å². The molecule has 25 heavy (non-hydrogen) atoms. The highest BCUT2D eigenvalue weighted by molar-refractivity contribution is 14.0. The molecule has 2 aromatic rings. The van der Waals surface area contributed by atoms with Crippen molar-refractivity contribution in [2.45, 2.75) is 26.4 Å². The minimum Gasteiger partial charge on any atom is -0.357 e. The van der Waals surface area contributed by atoms with Gasteiger partial charge in [0.2, 0.25) is 0 Å². The first-order valence-corrected chi connectivity index (χ1v) is 7.92. The minimum atomic E-state index is -0.397. The summed E-state index contributed by atoms with van der Waals surface area (Å²) in [6.07, 6.45) is 4.61. The SMILES string of the molecule is CCNC(=NCc1cccc([N+](=O)[O-])c1)NCCCn1cccn1.I. The van der Waals surface area contributed by atoms with Crippen molar-refractivity contribution in [3.8, 4) is 0 Å². The Balaban J connectivity index is 0.00000312. The van der Waals surface area contributed by atoms with Crippen LogP contribution >= 0.6 is 24.0 Å². The first-order valence-electron chi connectivity index (χ1n) is 7.92. The summed E-state index contributed by atoms with van der Waals surface area (Å²) < 4.78 is 1.88. The number of guanidine groups is 1. The lowest BCUT2D eigenvalue weighted by atomic mass is 10.2. The summed E-state index contributed by atoms with van der Waals surface area (Å²) in [6, 6.07) is 8.43. The molecule has 0 aliphatic rings.